The molecule has 0 aromatic carbocycles. The molecule has 0 aliphatic carbocycles. The SMILES string of the molecule is CCc1cc(N2CC(C(=O)O)C2)nc(-c2ccncc2)n1. The second kappa shape index (κ2) is 5.47. The van der Waals surface area contributed by atoms with Gasteiger partial charge < -0.3 is 10.0 Å². The molecule has 0 bridgehead atoms. The van der Waals surface area contributed by atoms with Crippen molar-refractivity contribution in [2.45, 2.75) is 13.3 Å². The van der Waals surface area contributed by atoms with Gasteiger partial charge in [-0.15, -0.1) is 0 Å². The van der Waals surface area contributed by atoms with Gasteiger partial charge in [0.1, 0.15) is 5.82 Å². The third-order valence-electron chi connectivity index (χ3n) is 3.62. The molecule has 2 aromatic heterocycles. The van der Waals surface area contributed by atoms with Crippen LogP contribution in [0.4, 0.5) is 5.82 Å². The molecule has 0 radical (unpaired) electrons. The quantitative estimate of drug-likeness (QED) is 0.919. The highest BCUT2D eigenvalue weighted by Gasteiger charge is 2.33. The number of carboxylic acids is 1. The molecule has 1 saturated heterocycles. The molecule has 0 amide bonds. The average Bonchev–Trinajstić information content (AvgIpc) is 2.46. The van der Waals surface area contributed by atoms with Crippen molar-refractivity contribution in [3.63, 3.8) is 0 Å². The maximum Gasteiger partial charge on any atom is 0.310 e. The van der Waals surface area contributed by atoms with Crippen LogP contribution in [0.2, 0.25) is 0 Å². The molecule has 1 aliphatic rings. The number of hydrogen-bond acceptors (Lipinski definition) is 5. The molecule has 6 nitrogen and oxygen atoms in total. The molecule has 1 aliphatic heterocycles. The van der Waals surface area contributed by atoms with Crippen molar-refractivity contribution in [1.82, 2.24) is 15.0 Å². The van der Waals surface area contributed by atoms with Crippen LogP contribution in [0.25, 0.3) is 11.4 Å². The van der Waals surface area contributed by atoms with Gasteiger partial charge in [0.15, 0.2) is 5.82 Å². The number of pyridine rings is 1. The van der Waals surface area contributed by atoms with Gasteiger partial charge in [0, 0.05) is 42.8 Å². The van der Waals surface area contributed by atoms with E-state index in [2.05, 4.69) is 15.0 Å². The highest BCUT2D eigenvalue weighted by Crippen LogP contribution is 2.26. The Labute approximate surface area is 122 Å². The van der Waals surface area contributed by atoms with E-state index in [1.807, 2.05) is 30.0 Å². The average molecular weight is 284 g/mol. The number of aryl methyl sites for hydroxylation is 1. The predicted octanol–water partition coefficient (Wildman–Crippen LogP) is 1.62. The first-order chi connectivity index (χ1) is 10.2. The minimum Gasteiger partial charge on any atom is -0.481 e. The second-order valence-corrected chi connectivity index (χ2v) is 5.07. The van der Waals surface area contributed by atoms with Gasteiger partial charge in [0.2, 0.25) is 0 Å². The molecular weight excluding hydrogens is 268 g/mol. The Bertz CT molecular complexity index is 654. The summed E-state index contributed by atoms with van der Waals surface area (Å²) in [6.07, 6.45) is 4.23. The maximum atomic E-state index is 10.9. The fourth-order valence-electron chi connectivity index (χ4n) is 2.28. The lowest BCUT2D eigenvalue weighted by atomic mass is 10.0. The van der Waals surface area contributed by atoms with E-state index < -0.39 is 5.97 Å². The zero-order chi connectivity index (χ0) is 14.8. The van der Waals surface area contributed by atoms with E-state index in [9.17, 15) is 4.79 Å². The van der Waals surface area contributed by atoms with Crippen LogP contribution in [0, 0.1) is 5.92 Å². The van der Waals surface area contributed by atoms with Crippen LogP contribution in [0.3, 0.4) is 0 Å². The number of nitrogens with zero attached hydrogens (tertiary/aromatic N) is 4. The summed E-state index contributed by atoms with van der Waals surface area (Å²) in [6.45, 7) is 3.05. The number of carboxylic acid groups (broad SMARTS) is 1. The van der Waals surface area contributed by atoms with Gasteiger partial charge in [0.05, 0.1) is 5.92 Å². The number of aromatic nitrogens is 3. The summed E-state index contributed by atoms with van der Waals surface area (Å²) in [7, 11) is 0. The minimum absolute atomic E-state index is 0.297. The smallest absolute Gasteiger partial charge is 0.310 e. The highest BCUT2D eigenvalue weighted by molar-refractivity contribution is 5.74. The van der Waals surface area contributed by atoms with Crippen LogP contribution in [0.1, 0.15) is 12.6 Å². The summed E-state index contributed by atoms with van der Waals surface area (Å²) >= 11 is 0. The predicted molar refractivity (Wildman–Crippen MR) is 78.0 cm³/mol. The standard InChI is InChI=1S/C15H16N4O2/c1-2-12-7-13(19-8-11(9-19)15(20)21)18-14(17-12)10-3-5-16-6-4-10/h3-7,11H,2,8-9H2,1H3,(H,20,21). The van der Waals surface area contributed by atoms with Crippen molar-refractivity contribution in [2.75, 3.05) is 18.0 Å². The Balaban J connectivity index is 1.90. The minimum atomic E-state index is -0.745. The summed E-state index contributed by atoms with van der Waals surface area (Å²) in [6, 6.07) is 5.67. The first kappa shape index (κ1) is 13.5. The van der Waals surface area contributed by atoms with Crippen molar-refractivity contribution in [2.24, 2.45) is 5.92 Å². The lowest BCUT2D eigenvalue weighted by Gasteiger charge is -2.37. The summed E-state index contributed by atoms with van der Waals surface area (Å²) in [5, 5.41) is 8.96. The Morgan fingerprint density at radius 1 is 1.33 bits per heavy atom. The van der Waals surface area contributed by atoms with E-state index >= 15 is 0 Å². The third kappa shape index (κ3) is 2.69. The van der Waals surface area contributed by atoms with E-state index in [0.717, 1.165) is 23.5 Å². The van der Waals surface area contributed by atoms with E-state index in [0.29, 0.717) is 18.9 Å². The molecule has 0 unspecified atom stereocenters. The summed E-state index contributed by atoms with van der Waals surface area (Å²) in [5.41, 5.74) is 1.86. The molecule has 3 rings (SSSR count). The number of rotatable bonds is 4. The second-order valence-electron chi connectivity index (χ2n) is 5.07. The Morgan fingerprint density at radius 2 is 2.05 bits per heavy atom. The van der Waals surface area contributed by atoms with Crippen LogP contribution in [0.5, 0.6) is 0 Å². The summed E-state index contributed by atoms with van der Waals surface area (Å²) in [4.78, 5) is 26.0. The number of carbonyl (C=O) groups is 1. The van der Waals surface area contributed by atoms with Gasteiger partial charge in [-0.3, -0.25) is 9.78 Å². The Hall–Kier alpha value is -2.50. The van der Waals surface area contributed by atoms with Crippen molar-refractivity contribution in [3.05, 3.63) is 36.3 Å². The molecule has 0 atom stereocenters. The number of anilines is 1. The zero-order valence-electron chi connectivity index (χ0n) is 11.7. The maximum absolute atomic E-state index is 10.9. The lowest BCUT2D eigenvalue weighted by Crippen LogP contribution is -2.50. The summed E-state index contributed by atoms with van der Waals surface area (Å²) in [5.74, 6) is 0.413. The molecular formula is C15H16N4O2. The lowest BCUT2D eigenvalue weighted by molar-refractivity contribution is -0.142. The zero-order valence-corrected chi connectivity index (χ0v) is 11.7. The first-order valence-electron chi connectivity index (χ1n) is 6.93. The fourth-order valence-corrected chi connectivity index (χ4v) is 2.28. The van der Waals surface area contributed by atoms with Crippen molar-refractivity contribution < 1.29 is 9.90 Å². The van der Waals surface area contributed by atoms with E-state index in [4.69, 9.17) is 5.11 Å². The van der Waals surface area contributed by atoms with Gasteiger partial charge in [-0.1, -0.05) is 6.92 Å². The van der Waals surface area contributed by atoms with Crippen LogP contribution < -0.4 is 4.90 Å². The normalized spacial score (nSPS) is 14.8. The van der Waals surface area contributed by atoms with Crippen LogP contribution in [0.15, 0.2) is 30.6 Å². The van der Waals surface area contributed by atoms with Crippen molar-refractivity contribution >= 4 is 11.8 Å². The highest BCUT2D eigenvalue weighted by atomic mass is 16.4. The van der Waals surface area contributed by atoms with Gasteiger partial charge in [0.25, 0.3) is 0 Å². The van der Waals surface area contributed by atoms with Crippen LogP contribution in [-0.4, -0.2) is 39.1 Å². The number of aliphatic carboxylic acids is 1. The molecule has 0 spiro atoms. The van der Waals surface area contributed by atoms with Gasteiger partial charge in [-0.2, -0.15) is 0 Å². The third-order valence-corrected chi connectivity index (χ3v) is 3.62. The summed E-state index contributed by atoms with van der Waals surface area (Å²) < 4.78 is 0. The van der Waals surface area contributed by atoms with E-state index in [-0.39, 0.29) is 5.92 Å². The molecule has 108 valence electrons. The molecule has 2 aromatic rings. The largest absolute Gasteiger partial charge is 0.481 e. The molecule has 6 heteroatoms. The first-order valence-corrected chi connectivity index (χ1v) is 6.93. The monoisotopic (exact) mass is 284 g/mol. The molecule has 0 saturated carbocycles. The van der Waals surface area contributed by atoms with Gasteiger partial charge in [-0.05, 0) is 18.6 Å². The van der Waals surface area contributed by atoms with Crippen LogP contribution in [-0.2, 0) is 11.2 Å². The number of hydrogen-bond donors (Lipinski definition) is 1. The van der Waals surface area contributed by atoms with Crippen LogP contribution >= 0.6 is 0 Å². The van der Waals surface area contributed by atoms with Crippen molar-refractivity contribution in [1.29, 1.82) is 0 Å². The van der Waals surface area contributed by atoms with Gasteiger partial charge in [-0.25, -0.2) is 9.97 Å². The Morgan fingerprint density at radius 3 is 2.67 bits per heavy atom. The Kier molecular flexibility index (Phi) is 3.51. The molecule has 1 N–H and O–H groups in total. The van der Waals surface area contributed by atoms with E-state index in [1.165, 1.54) is 0 Å². The van der Waals surface area contributed by atoms with Gasteiger partial charge >= 0.3 is 5.97 Å². The fraction of sp³-hybridized carbons (Fsp3) is 0.333. The van der Waals surface area contributed by atoms with E-state index in [1.54, 1.807) is 12.4 Å². The molecule has 3 heterocycles. The van der Waals surface area contributed by atoms with Crippen molar-refractivity contribution in [3.8, 4) is 11.4 Å². The molecule has 21 heavy (non-hydrogen) atoms. The topological polar surface area (TPSA) is 79.2 Å². The molecule has 1 fully saturated rings.